The van der Waals surface area contributed by atoms with Crippen LogP contribution >= 0.6 is 0 Å². The van der Waals surface area contributed by atoms with E-state index in [9.17, 15) is 0 Å². The van der Waals surface area contributed by atoms with Crippen LogP contribution in [-0.4, -0.2) is 15.9 Å². The van der Waals surface area contributed by atoms with Crippen molar-refractivity contribution in [3.8, 4) is 0 Å². The molecular formula is C14H11N3. The summed E-state index contributed by atoms with van der Waals surface area (Å²) in [7, 11) is 0. The molecule has 1 aromatic heterocycles. The molecule has 0 radical (unpaired) electrons. The molecule has 0 saturated carbocycles. The summed E-state index contributed by atoms with van der Waals surface area (Å²) in [4.78, 5) is 4.28. The average molecular weight is 221 g/mol. The summed E-state index contributed by atoms with van der Waals surface area (Å²) in [5.74, 6) is 0. The molecule has 2 aromatic carbocycles. The summed E-state index contributed by atoms with van der Waals surface area (Å²) in [6.07, 6.45) is 3.55. The zero-order valence-electron chi connectivity index (χ0n) is 9.19. The maximum atomic E-state index is 4.39. The van der Waals surface area contributed by atoms with Gasteiger partial charge in [0.25, 0.3) is 0 Å². The summed E-state index contributed by atoms with van der Waals surface area (Å²) in [6, 6.07) is 17.9. The molecule has 0 N–H and O–H groups in total. The fourth-order valence-corrected chi connectivity index (χ4v) is 1.71. The minimum atomic E-state index is 0.956. The van der Waals surface area contributed by atoms with Crippen molar-refractivity contribution in [3.63, 3.8) is 0 Å². The van der Waals surface area contributed by atoms with E-state index in [1.165, 1.54) is 0 Å². The number of fused-ring (bicyclic) bond motifs is 1. The lowest BCUT2D eigenvalue weighted by Gasteiger charge is -1.95. The van der Waals surface area contributed by atoms with Gasteiger partial charge in [0.2, 0.25) is 0 Å². The van der Waals surface area contributed by atoms with Crippen molar-refractivity contribution in [1.82, 2.24) is 9.66 Å². The minimum absolute atomic E-state index is 0.956. The predicted molar refractivity (Wildman–Crippen MR) is 69.2 cm³/mol. The second-order valence-corrected chi connectivity index (χ2v) is 3.73. The lowest BCUT2D eigenvalue weighted by Crippen LogP contribution is -1.88. The maximum Gasteiger partial charge on any atom is 0.118 e. The van der Waals surface area contributed by atoms with Crippen LogP contribution in [0, 0.1) is 0 Å². The lowest BCUT2D eigenvalue weighted by atomic mass is 10.2. The topological polar surface area (TPSA) is 30.2 Å². The maximum absolute atomic E-state index is 4.39. The SMILES string of the molecule is C(=Nn1cnc2ccccc21)c1ccccc1. The number of hydrogen-bond donors (Lipinski definition) is 0. The highest BCUT2D eigenvalue weighted by molar-refractivity contribution is 5.81. The number of para-hydroxylation sites is 2. The van der Waals surface area contributed by atoms with Crippen LogP contribution in [0.4, 0.5) is 0 Å². The number of aromatic nitrogens is 2. The number of rotatable bonds is 2. The fourth-order valence-electron chi connectivity index (χ4n) is 1.71. The highest BCUT2D eigenvalue weighted by Crippen LogP contribution is 2.11. The molecule has 1 heterocycles. The monoisotopic (exact) mass is 221 g/mol. The summed E-state index contributed by atoms with van der Waals surface area (Å²) in [5.41, 5.74) is 3.04. The molecule has 0 bridgehead atoms. The lowest BCUT2D eigenvalue weighted by molar-refractivity contribution is 0.914. The van der Waals surface area contributed by atoms with Gasteiger partial charge in [-0.05, 0) is 17.7 Å². The van der Waals surface area contributed by atoms with Crippen LogP contribution in [0.2, 0.25) is 0 Å². The van der Waals surface area contributed by atoms with Crippen LogP contribution in [0.15, 0.2) is 66.0 Å². The van der Waals surface area contributed by atoms with E-state index in [0.717, 1.165) is 16.6 Å². The van der Waals surface area contributed by atoms with E-state index in [0.29, 0.717) is 0 Å². The summed E-state index contributed by atoms with van der Waals surface area (Å²) in [6.45, 7) is 0. The quantitative estimate of drug-likeness (QED) is 0.612. The third-order valence-corrected chi connectivity index (χ3v) is 2.57. The fraction of sp³-hybridized carbons (Fsp3) is 0. The second-order valence-electron chi connectivity index (χ2n) is 3.73. The number of benzene rings is 2. The molecule has 3 nitrogen and oxygen atoms in total. The molecular weight excluding hydrogens is 210 g/mol. The molecule has 82 valence electrons. The molecule has 3 rings (SSSR count). The van der Waals surface area contributed by atoms with E-state index >= 15 is 0 Å². The molecule has 17 heavy (non-hydrogen) atoms. The molecule has 3 aromatic rings. The van der Waals surface area contributed by atoms with E-state index in [-0.39, 0.29) is 0 Å². The largest absolute Gasteiger partial charge is 0.235 e. The zero-order chi connectivity index (χ0) is 11.5. The average Bonchev–Trinajstić information content (AvgIpc) is 2.81. The second kappa shape index (κ2) is 4.22. The van der Waals surface area contributed by atoms with Gasteiger partial charge in [-0.2, -0.15) is 5.10 Å². The number of hydrogen-bond acceptors (Lipinski definition) is 2. The summed E-state index contributed by atoms with van der Waals surface area (Å²) < 4.78 is 1.78. The van der Waals surface area contributed by atoms with Crippen LogP contribution < -0.4 is 0 Å². The van der Waals surface area contributed by atoms with Gasteiger partial charge in [-0.3, -0.25) is 0 Å². The predicted octanol–water partition coefficient (Wildman–Crippen LogP) is 2.92. The first-order valence-corrected chi connectivity index (χ1v) is 5.45. The molecule has 0 aliphatic rings. The Balaban J connectivity index is 1.98. The molecule has 0 fully saturated rings. The van der Waals surface area contributed by atoms with Gasteiger partial charge in [-0.1, -0.05) is 42.5 Å². The van der Waals surface area contributed by atoms with E-state index < -0.39 is 0 Å². The van der Waals surface area contributed by atoms with Crippen molar-refractivity contribution in [2.45, 2.75) is 0 Å². The van der Waals surface area contributed by atoms with Gasteiger partial charge in [0.15, 0.2) is 0 Å². The van der Waals surface area contributed by atoms with Crippen LogP contribution in [0.1, 0.15) is 5.56 Å². The Bertz CT molecular complexity index is 653. The van der Waals surface area contributed by atoms with E-state index in [4.69, 9.17) is 0 Å². The van der Waals surface area contributed by atoms with Gasteiger partial charge in [0.1, 0.15) is 6.33 Å². The van der Waals surface area contributed by atoms with Gasteiger partial charge >= 0.3 is 0 Å². The first kappa shape index (κ1) is 9.78. The Labute approximate surface area is 99.0 Å². The Kier molecular flexibility index (Phi) is 2.43. The Morgan fingerprint density at radius 1 is 0.941 bits per heavy atom. The Hall–Kier alpha value is -2.42. The third-order valence-electron chi connectivity index (χ3n) is 2.57. The first-order chi connectivity index (χ1) is 8.43. The van der Waals surface area contributed by atoms with Gasteiger partial charge in [-0.15, -0.1) is 0 Å². The van der Waals surface area contributed by atoms with Crippen molar-refractivity contribution >= 4 is 17.2 Å². The first-order valence-electron chi connectivity index (χ1n) is 5.45. The van der Waals surface area contributed by atoms with E-state index in [1.54, 1.807) is 11.0 Å². The molecule has 0 aliphatic carbocycles. The zero-order valence-corrected chi connectivity index (χ0v) is 9.19. The molecule has 0 atom stereocenters. The van der Waals surface area contributed by atoms with Crippen LogP contribution in [0.5, 0.6) is 0 Å². The van der Waals surface area contributed by atoms with Gasteiger partial charge in [0, 0.05) is 0 Å². The van der Waals surface area contributed by atoms with Gasteiger partial charge in [-0.25, -0.2) is 9.66 Å². The standard InChI is InChI=1S/C14H11N3/c1-2-6-12(7-3-1)10-16-17-11-15-13-8-4-5-9-14(13)17/h1-11H. The molecule has 0 aliphatic heterocycles. The van der Waals surface area contributed by atoms with Crippen molar-refractivity contribution in [2.24, 2.45) is 5.10 Å². The third kappa shape index (κ3) is 1.95. The van der Waals surface area contributed by atoms with Gasteiger partial charge in [0.05, 0.1) is 17.2 Å². The van der Waals surface area contributed by atoms with Crippen LogP contribution in [0.3, 0.4) is 0 Å². The van der Waals surface area contributed by atoms with E-state index in [1.807, 2.05) is 60.8 Å². The van der Waals surface area contributed by atoms with Crippen molar-refractivity contribution in [2.75, 3.05) is 0 Å². The smallest absolute Gasteiger partial charge is 0.118 e. The number of imidazole rings is 1. The highest BCUT2D eigenvalue weighted by atomic mass is 15.4. The van der Waals surface area contributed by atoms with E-state index in [2.05, 4.69) is 10.1 Å². The summed E-state index contributed by atoms with van der Waals surface area (Å²) >= 11 is 0. The molecule has 0 spiro atoms. The van der Waals surface area contributed by atoms with Crippen LogP contribution in [-0.2, 0) is 0 Å². The molecule has 3 heteroatoms. The van der Waals surface area contributed by atoms with Crippen molar-refractivity contribution in [1.29, 1.82) is 0 Å². The molecule has 0 unspecified atom stereocenters. The Morgan fingerprint density at radius 3 is 2.59 bits per heavy atom. The van der Waals surface area contributed by atoms with Gasteiger partial charge < -0.3 is 0 Å². The summed E-state index contributed by atoms with van der Waals surface area (Å²) in [5, 5.41) is 4.39. The van der Waals surface area contributed by atoms with Crippen LogP contribution in [0.25, 0.3) is 11.0 Å². The minimum Gasteiger partial charge on any atom is -0.235 e. The van der Waals surface area contributed by atoms with Crippen molar-refractivity contribution < 1.29 is 0 Å². The molecule has 0 saturated heterocycles. The number of nitrogens with zero attached hydrogens (tertiary/aromatic N) is 3. The highest BCUT2D eigenvalue weighted by Gasteiger charge is 1.98. The normalized spacial score (nSPS) is 11.3. The van der Waals surface area contributed by atoms with Crippen molar-refractivity contribution in [3.05, 3.63) is 66.5 Å². The Morgan fingerprint density at radius 2 is 1.71 bits per heavy atom. The molecule has 0 amide bonds.